The van der Waals surface area contributed by atoms with Crippen LogP contribution in [0.2, 0.25) is 0 Å². The maximum Gasteiger partial charge on any atom is 0.257 e. The van der Waals surface area contributed by atoms with E-state index in [1.807, 2.05) is 37.3 Å². The quantitative estimate of drug-likeness (QED) is 0.593. The Balaban J connectivity index is 1.52. The Bertz CT molecular complexity index is 927. The second kappa shape index (κ2) is 9.56. The van der Waals surface area contributed by atoms with E-state index >= 15 is 0 Å². The van der Waals surface area contributed by atoms with Crippen molar-refractivity contribution < 1.29 is 9.53 Å². The molecule has 1 aromatic heterocycles. The van der Waals surface area contributed by atoms with Gasteiger partial charge in [0.2, 0.25) is 5.95 Å². The van der Waals surface area contributed by atoms with Crippen molar-refractivity contribution >= 4 is 29.2 Å². The van der Waals surface area contributed by atoms with Gasteiger partial charge in [-0.25, -0.2) is 4.68 Å². The molecule has 1 amide bonds. The number of nitrogens with one attached hydrogen (secondary N) is 2. The first kappa shape index (κ1) is 19.4. The summed E-state index contributed by atoms with van der Waals surface area (Å²) >= 11 is 5.17. The zero-order valence-electron chi connectivity index (χ0n) is 15.3. The number of nitrogens with zero attached hydrogens (tertiary/aromatic N) is 4. The first-order valence-electron chi connectivity index (χ1n) is 8.81. The average molecular weight is 396 g/mol. The number of aromatic nitrogens is 4. The van der Waals surface area contributed by atoms with Crippen molar-refractivity contribution in [3.05, 3.63) is 65.7 Å². The maximum atomic E-state index is 12.3. The Morgan fingerprint density at radius 2 is 1.89 bits per heavy atom. The molecule has 0 radical (unpaired) electrons. The minimum absolute atomic E-state index is 0.126. The summed E-state index contributed by atoms with van der Waals surface area (Å²) in [7, 11) is 0. The number of carbonyl (C=O) groups is 1. The van der Waals surface area contributed by atoms with Gasteiger partial charge in [-0.05, 0) is 58.9 Å². The van der Waals surface area contributed by atoms with Crippen LogP contribution in [0.3, 0.4) is 0 Å². The van der Waals surface area contributed by atoms with Crippen LogP contribution in [-0.2, 0) is 13.2 Å². The lowest BCUT2D eigenvalue weighted by molar-refractivity contribution is 0.0977. The van der Waals surface area contributed by atoms with Gasteiger partial charge < -0.3 is 4.74 Å². The van der Waals surface area contributed by atoms with Gasteiger partial charge in [-0.2, -0.15) is 0 Å². The highest BCUT2D eigenvalue weighted by Crippen LogP contribution is 2.14. The van der Waals surface area contributed by atoms with Crippen LogP contribution >= 0.6 is 12.2 Å². The highest BCUT2D eigenvalue weighted by molar-refractivity contribution is 7.80. The molecule has 2 aromatic carbocycles. The van der Waals surface area contributed by atoms with E-state index in [0.717, 1.165) is 12.0 Å². The first-order chi connectivity index (χ1) is 13.7. The number of benzene rings is 2. The third-order valence-corrected chi connectivity index (χ3v) is 3.99. The second-order valence-electron chi connectivity index (χ2n) is 5.93. The fourth-order valence-electron chi connectivity index (χ4n) is 2.41. The Labute approximate surface area is 167 Å². The van der Waals surface area contributed by atoms with Crippen LogP contribution in [-0.4, -0.2) is 31.2 Å². The Morgan fingerprint density at radius 1 is 1.14 bits per heavy atom. The molecular formula is C19H20N6O2S. The van der Waals surface area contributed by atoms with Crippen molar-refractivity contribution in [2.45, 2.75) is 26.5 Å². The molecule has 0 atom stereocenters. The number of tetrazole rings is 1. The van der Waals surface area contributed by atoms with Crippen LogP contribution in [0.4, 0.5) is 5.95 Å². The predicted octanol–water partition coefficient (Wildman–Crippen LogP) is 2.79. The van der Waals surface area contributed by atoms with Crippen molar-refractivity contribution in [2.24, 2.45) is 0 Å². The number of hydrogen-bond acceptors (Lipinski definition) is 6. The molecule has 144 valence electrons. The Hall–Kier alpha value is -3.33. The van der Waals surface area contributed by atoms with Gasteiger partial charge in [0.1, 0.15) is 12.4 Å². The summed E-state index contributed by atoms with van der Waals surface area (Å²) in [5.41, 5.74) is 1.54. The summed E-state index contributed by atoms with van der Waals surface area (Å²) in [4.78, 5) is 12.3. The third-order valence-electron chi connectivity index (χ3n) is 3.78. The summed E-state index contributed by atoms with van der Waals surface area (Å²) in [6.45, 7) is 3.13. The van der Waals surface area contributed by atoms with Crippen LogP contribution < -0.4 is 15.4 Å². The lowest BCUT2D eigenvalue weighted by Gasteiger charge is -2.10. The van der Waals surface area contributed by atoms with Crippen molar-refractivity contribution in [3.8, 4) is 5.75 Å². The molecule has 0 saturated carbocycles. The number of aryl methyl sites for hydroxylation is 1. The zero-order valence-corrected chi connectivity index (χ0v) is 16.1. The molecule has 0 unspecified atom stereocenters. The highest BCUT2D eigenvalue weighted by atomic mass is 32.1. The number of carbonyl (C=O) groups excluding carboxylic acids is 1. The molecule has 8 nitrogen and oxygen atoms in total. The van der Waals surface area contributed by atoms with Crippen LogP contribution in [0, 0.1) is 0 Å². The Morgan fingerprint density at radius 3 is 2.61 bits per heavy atom. The number of hydrogen-bond donors (Lipinski definition) is 2. The minimum Gasteiger partial charge on any atom is -0.489 e. The lowest BCUT2D eigenvalue weighted by atomic mass is 10.2. The third kappa shape index (κ3) is 5.34. The van der Waals surface area contributed by atoms with Gasteiger partial charge >= 0.3 is 0 Å². The number of amides is 1. The fourth-order valence-corrected chi connectivity index (χ4v) is 2.59. The second-order valence-corrected chi connectivity index (χ2v) is 6.34. The van der Waals surface area contributed by atoms with E-state index in [0.29, 0.717) is 30.4 Å². The average Bonchev–Trinajstić information content (AvgIpc) is 3.14. The molecule has 3 aromatic rings. The maximum absolute atomic E-state index is 12.3. The van der Waals surface area contributed by atoms with Gasteiger partial charge in [0.15, 0.2) is 5.11 Å². The molecule has 0 spiro atoms. The lowest BCUT2D eigenvalue weighted by Crippen LogP contribution is -2.35. The normalized spacial score (nSPS) is 10.3. The molecule has 0 bridgehead atoms. The largest absolute Gasteiger partial charge is 0.489 e. The molecule has 0 aliphatic heterocycles. The molecule has 0 aliphatic carbocycles. The standard InChI is InChI=1S/C19H20N6O2S/c1-2-12-25-18(22-23-24-25)21-19(28)20-17(26)15-8-10-16(11-9-15)27-13-14-6-4-3-5-7-14/h3-11H,2,12-13H2,1H3,(H2,20,21,22,24,26,28). The Kier molecular flexibility index (Phi) is 6.64. The molecular weight excluding hydrogens is 376 g/mol. The molecule has 0 saturated heterocycles. The molecule has 3 rings (SSSR count). The van der Waals surface area contributed by atoms with Gasteiger partial charge in [-0.15, -0.1) is 0 Å². The smallest absolute Gasteiger partial charge is 0.257 e. The minimum atomic E-state index is -0.332. The number of thiocarbonyl (C=S) groups is 1. The van der Waals surface area contributed by atoms with E-state index in [4.69, 9.17) is 17.0 Å². The SMILES string of the molecule is CCCn1nnnc1NC(=S)NC(=O)c1ccc(OCc2ccccc2)cc1. The summed E-state index contributed by atoms with van der Waals surface area (Å²) in [5.74, 6) is 0.735. The van der Waals surface area contributed by atoms with Crippen LogP contribution in [0.15, 0.2) is 54.6 Å². The van der Waals surface area contributed by atoms with Gasteiger partial charge in [-0.3, -0.25) is 15.4 Å². The van der Waals surface area contributed by atoms with E-state index in [-0.39, 0.29) is 11.0 Å². The van der Waals surface area contributed by atoms with E-state index in [1.54, 1.807) is 28.9 Å². The van der Waals surface area contributed by atoms with Crippen molar-refractivity contribution in [3.63, 3.8) is 0 Å². The molecule has 2 N–H and O–H groups in total. The van der Waals surface area contributed by atoms with Gasteiger partial charge in [0.05, 0.1) is 0 Å². The summed E-state index contributed by atoms with van der Waals surface area (Å²) in [5, 5.41) is 16.9. The van der Waals surface area contributed by atoms with Gasteiger partial charge in [0, 0.05) is 12.1 Å². The molecule has 0 aliphatic rings. The highest BCUT2D eigenvalue weighted by Gasteiger charge is 2.11. The van der Waals surface area contributed by atoms with Crippen LogP contribution in [0.25, 0.3) is 0 Å². The van der Waals surface area contributed by atoms with Crippen molar-refractivity contribution in [2.75, 3.05) is 5.32 Å². The molecule has 1 heterocycles. The van der Waals surface area contributed by atoms with Crippen LogP contribution in [0.5, 0.6) is 5.75 Å². The van der Waals surface area contributed by atoms with E-state index in [2.05, 4.69) is 26.2 Å². The fraction of sp³-hybridized carbons (Fsp3) is 0.211. The predicted molar refractivity (Wildman–Crippen MR) is 109 cm³/mol. The monoisotopic (exact) mass is 396 g/mol. The molecule has 0 fully saturated rings. The zero-order chi connectivity index (χ0) is 19.8. The van der Waals surface area contributed by atoms with E-state index < -0.39 is 0 Å². The summed E-state index contributed by atoms with van der Waals surface area (Å²) < 4.78 is 7.30. The number of rotatable bonds is 7. The topological polar surface area (TPSA) is 94.0 Å². The first-order valence-corrected chi connectivity index (χ1v) is 9.22. The van der Waals surface area contributed by atoms with Crippen molar-refractivity contribution in [1.29, 1.82) is 0 Å². The summed E-state index contributed by atoms with van der Waals surface area (Å²) in [6, 6.07) is 16.7. The van der Waals surface area contributed by atoms with Gasteiger partial charge in [0.25, 0.3) is 5.91 Å². The van der Waals surface area contributed by atoms with Gasteiger partial charge in [-0.1, -0.05) is 42.4 Å². The molecule has 28 heavy (non-hydrogen) atoms. The van der Waals surface area contributed by atoms with Crippen LogP contribution in [0.1, 0.15) is 29.3 Å². The molecule has 9 heteroatoms. The number of ether oxygens (including phenoxy) is 1. The summed E-state index contributed by atoms with van der Waals surface area (Å²) in [6.07, 6.45) is 0.873. The number of anilines is 1. The van der Waals surface area contributed by atoms with E-state index in [1.165, 1.54) is 0 Å². The van der Waals surface area contributed by atoms with Crippen molar-refractivity contribution in [1.82, 2.24) is 25.5 Å². The van der Waals surface area contributed by atoms with E-state index in [9.17, 15) is 4.79 Å².